The van der Waals surface area contributed by atoms with Gasteiger partial charge in [-0.25, -0.2) is 0 Å². The van der Waals surface area contributed by atoms with Crippen molar-refractivity contribution < 1.29 is 9.84 Å². The summed E-state index contributed by atoms with van der Waals surface area (Å²) in [5, 5.41) is 10.7. The molecule has 1 aliphatic rings. The second-order valence-electron chi connectivity index (χ2n) is 5.47. The van der Waals surface area contributed by atoms with Crippen LogP contribution in [0.2, 0.25) is 0 Å². The van der Waals surface area contributed by atoms with Crippen molar-refractivity contribution in [3.8, 4) is 5.75 Å². The molecule has 0 amide bonds. The molecule has 100 valence electrons. The van der Waals surface area contributed by atoms with Crippen molar-refractivity contribution in [3.05, 3.63) is 24.0 Å². The van der Waals surface area contributed by atoms with E-state index in [2.05, 4.69) is 18.8 Å². The topological polar surface area (TPSA) is 42.4 Å². The first-order valence-corrected chi connectivity index (χ1v) is 6.95. The maximum Gasteiger partial charge on any atom is 0.137 e. The lowest BCUT2D eigenvalue weighted by Crippen LogP contribution is -2.31. The van der Waals surface area contributed by atoms with Crippen molar-refractivity contribution in [2.75, 3.05) is 6.61 Å². The standard InChI is InChI=1S/C15H23NO2/c1-3-8-18-14-9-13(10-16-11-14)15(17)6-4-12(2)5-7-15/h9-12,17H,3-8H2,1-2H3. The number of hydrogen-bond donors (Lipinski definition) is 1. The van der Waals surface area contributed by atoms with Gasteiger partial charge in [-0.2, -0.15) is 0 Å². The number of aliphatic hydroxyl groups is 1. The molecule has 1 aromatic rings. The zero-order valence-electron chi connectivity index (χ0n) is 11.4. The van der Waals surface area contributed by atoms with E-state index >= 15 is 0 Å². The van der Waals surface area contributed by atoms with E-state index < -0.39 is 5.60 Å². The summed E-state index contributed by atoms with van der Waals surface area (Å²) in [6.07, 6.45) is 8.28. The number of rotatable bonds is 4. The molecule has 0 aliphatic heterocycles. The van der Waals surface area contributed by atoms with Crippen LogP contribution >= 0.6 is 0 Å². The van der Waals surface area contributed by atoms with Gasteiger partial charge in [-0.3, -0.25) is 4.98 Å². The van der Waals surface area contributed by atoms with Crippen molar-refractivity contribution in [1.82, 2.24) is 4.98 Å². The Bertz CT molecular complexity index is 384. The first-order valence-electron chi connectivity index (χ1n) is 6.95. The molecular weight excluding hydrogens is 226 g/mol. The highest BCUT2D eigenvalue weighted by atomic mass is 16.5. The van der Waals surface area contributed by atoms with Gasteiger partial charge in [0.05, 0.1) is 18.4 Å². The normalized spacial score (nSPS) is 28.1. The highest BCUT2D eigenvalue weighted by molar-refractivity contribution is 5.28. The Kier molecular flexibility index (Phi) is 4.23. The third kappa shape index (κ3) is 3.02. The van der Waals surface area contributed by atoms with Crippen LogP contribution in [0.5, 0.6) is 5.75 Å². The monoisotopic (exact) mass is 249 g/mol. The lowest BCUT2D eigenvalue weighted by molar-refractivity contribution is -0.0124. The number of aromatic nitrogens is 1. The van der Waals surface area contributed by atoms with E-state index in [9.17, 15) is 5.11 Å². The largest absolute Gasteiger partial charge is 0.492 e. The molecule has 0 spiro atoms. The third-order valence-corrected chi connectivity index (χ3v) is 3.82. The first kappa shape index (κ1) is 13.3. The highest BCUT2D eigenvalue weighted by Gasteiger charge is 2.33. The Morgan fingerprint density at radius 3 is 2.78 bits per heavy atom. The fourth-order valence-corrected chi connectivity index (χ4v) is 2.50. The minimum Gasteiger partial charge on any atom is -0.492 e. The van der Waals surface area contributed by atoms with E-state index in [-0.39, 0.29) is 0 Å². The zero-order valence-corrected chi connectivity index (χ0v) is 11.4. The van der Waals surface area contributed by atoms with Crippen LogP contribution in [0.4, 0.5) is 0 Å². The Morgan fingerprint density at radius 2 is 2.11 bits per heavy atom. The van der Waals surface area contributed by atoms with Gasteiger partial charge in [0.2, 0.25) is 0 Å². The minimum absolute atomic E-state index is 0.695. The van der Waals surface area contributed by atoms with Gasteiger partial charge < -0.3 is 9.84 Å². The lowest BCUT2D eigenvalue weighted by atomic mass is 9.76. The Morgan fingerprint density at radius 1 is 1.39 bits per heavy atom. The minimum atomic E-state index is -0.703. The molecule has 0 unspecified atom stereocenters. The predicted octanol–water partition coefficient (Wildman–Crippen LogP) is 3.27. The van der Waals surface area contributed by atoms with Gasteiger partial charge in [-0.05, 0) is 44.1 Å². The molecule has 3 heteroatoms. The summed E-state index contributed by atoms with van der Waals surface area (Å²) in [5.41, 5.74) is 0.202. The fourth-order valence-electron chi connectivity index (χ4n) is 2.50. The van der Waals surface area contributed by atoms with E-state index in [1.807, 2.05) is 6.07 Å². The molecule has 1 saturated carbocycles. The van der Waals surface area contributed by atoms with Crippen molar-refractivity contribution in [3.63, 3.8) is 0 Å². The molecule has 3 nitrogen and oxygen atoms in total. The number of nitrogens with zero attached hydrogens (tertiary/aromatic N) is 1. The lowest BCUT2D eigenvalue weighted by Gasteiger charge is -2.35. The van der Waals surface area contributed by atoms with Gasteiger partial charge in [0.1, 0.15) is 5.75 Å². The summed E-state index contributed by atoms with van der Waals surface area (Å²) in [7, 11) is 0. The maximum atomic E-state index is 10.7. The summed E-state index contributed by atoms with van der Waals surface area (Å²) >= 11 is 0. The quantitative estimate of drug-likeness (QED) is 0.890. The van der Waals surface area contributed by atoms with Crippen LogP contribution < -0.4 is 4.74 Å². The summed E-state index contributed by atoms with van der Waals surface area (Å²) < 4.78 is 5.58. The van der Waals surface area contributed by atoms with E-state index in [0.29, 0.717) is 6.61 Å². The van der Waals surface area contributed by atoms with Gasteiger partial charge in [-0.15, -0.1) is 0 Å². The Labute approximate surface area is 109 Å². The molecule has 2 rings (SSSR count). The first-order chi connectivity index (χ1) is 8.64. The molecule has 1 aromatic heterocycles. The molecule has 1 aliphatic carbocycles. The average molecular weight is 249 g/mol. The van der Waals surface area contributed by atoms with E-state index in [4.69, 9.17) is 4.74 Å². The highest BCUT2D eigenvalue weighted by Crippen LogP contribution is 2.39. The SMILES string of the molecule is CCCOc1cncc(C2(O)CCC(C)CC2)c1. The summed E-state index contributed by atoms with van der Waals surface area (Å²) in [6, 6.07) is 1.94. The number of ether oxygens (including phenoxy) is 1. The summed E-state index contributed by atoms with van der Waals surface area (Å²) in [6.45, 7) is 5.02. The van der Waals surface area contributed by atoms with Crippen LogP contribution in [0, 0.1) is 5.92 Å². The van der Waals surface area contributed by atoms with Crippen molar-refractivity contribution in [2.24, 2.45) is 5.92 Å². The van der Waals surface area contributed by atoms with Gasteiger partial charge >= 0.3 is 0 Å². The molecule has 0 saturated heterocycles. The van der Waals surface area contributed by atoms with Crippen LogP contribution in [0.25, 0.3) is 0 Å². The molecule has 1 heterocycles. The molecule has 0 bridgehead atoms. The molecule has 0 atom stereocenters. The molecule has 1 N–H and O–H groups in total. The van der Waals surface area contributed by atoms with Gasteiger partial charge in [0, 0.05) is 11.8 Å². The average Bonchev–Trinajstić information content (AvgIpc) is 2.40. The van der Waals surface area contributed by atoms with Crippen LogP contribution in [0.1, 0.15) is 51.5 Å². The van der Waals surface area contributed by atoms with Crippen molar-refractivity contribution in [2.45, 2.75) is 51.6 Å². The molecule has 18 heavy (non-hydrogen) atoms. The Hall–Kier alpha value is -1.09. The van der Waals surface area contributed by atoms with Gasteiger partial charge in [0.25, 0.3) is 0 Å². The van der Waals surface area contributed by atoms with Crippen LogP contribution in [-0.4, -0.2) is 16.7 Å². The van der Waals surface area contributed by atoms with Gasteiger partial charge in [0.15, 0.2) is 0 Å². The molecule has 0 radical (unpaired) electrons. The molecule has 1 fully saturated rings. The van der Waals surface area contributed by atoms with Crippen LogP contribution in [0.3, 0.4) is 0 Å². The smallest absolute Gasteiger partial charge is 0.137 e. The van der Waals surface area contributed by atoms with Crippen LogP contribution in [0.15, 0.2) is 18.5 Å². The third-order valence-electron chi connectivity index (χ3n) is 3.82. The summed E-state index contributed by atoms with van der Waals surface area (Å²) in [4.78, 5) is 4.19. The van der Waals surface area contributed by atoms with E-state index in [0.717, 1.165) is 49.3 Å². The number of pyridine rings is 1. The predicted molar refractivity (Wildman–Crippen MR) is 71.6 cm³/mol. The van der Waals surface area contributed by atoms with E-state index in [1.165, 1.54) is 0 Å². The van der Waals surface area contributed by atoms with E-state index in [1.54, 1.807) is 12.4 Å². The second-order valence-corrected chi connectivity index (χ2v) is 5.47. The Balaban J connectivity index is 2.12. The zero-order chi connectivity index (χ0) is 13.0. The van der Waals surface area contributed by atoms with Crippen LogP contribution in [-0.2, 0) is 5.60 Å². The maximum absolute atomic E-state index is 10.7. The molecular formula is C15H23NO2. The molecule has 0 aromatic carbocycles. The van der Waals surface area contributed by atoms with Crippen molar-refractivity contribution >= 4 is 0 Å². The second kappa shape index (κ2) is 5.70. The van der Waals surface area contributed by atoms with Crippen molar-refractivity contribution in [1.29, 1.82) is 0 Å². The van der Waals surface area contributed by atoms with Gasteiger partial charge in [-0.1, -0.05) is 13.8 Å². The fraction of sp³-hybridized carbons (Fsp3) is 0.667. The number of hydrogen-bond acceptors (Lipinski definition) is 3. The summed E-state index contributed by atoms with van der Waals surface area (Å²) in [5.74, 6) is 1.49.